The number of amides is 1. The molecule has 2 aliphatic rings. The number of carboxylic acids is 1. The minimum absolute atomic E-state index is 0.0222. The van der Waals surface area contributed by atoms with Gasteiger partial charge in [0, 0.05) is 19.5 Å². The van der Waals surface area contributed by atoms with Crippen molar-refractivity contribution in [2.75, 3.05) is 20.2 Å². The topological polar surface area (TPSA) is 66.8 Å². The Morgan fingerprint density at radius 1 is 1.32 bits per heavy atom. The van der Waals surface area contributed by atoms with Crippen LogP contribution in [0.5, 0.6) is 5.75 Å². The number of carbonyl (C=O) groups excluding carboxylic acids is 1. The van der Waals surface area contributed by atoms with Gasteiger partial charge in [-0.05, 0) is 48.6 Å². The number of likely N-dealkylation sites (tertiary alicyclic amines) is 1. The molecule has 5 nitrogen and oxygen atoms in total. The van der Waals surface area contributed by atoms with Crippen molar-refractivity contribution in [3.63, 3.8) is 0 Å². The summed E-state index contributed by atoms with van der Waals surface area (Å²) < 4.78 is 5.38. The van der Waals surface area contributed by atoms with Crippen molar-refractivity contribution in [1.29, 1.82) is 0 Å². The molecule has 3 rings (SSSR count). The summed E-state index contributed by atoms with van der Waals surface area (Å²) in [5.41, 5.74) is 1.11. The molecule has 2 atom stereocenters. The fourth-order valence-electron chi connectivity index (χ4n) is 4.20. The number of piperidine rings is 1. The van der Waals surface area contributed by atoms with Gasteiger partial charge >= 0.3 is 5.97 Å². The first-order chi connectivity index (χ1) is 11.9. The van der Waals surface area contributed by atoms with Gasteiger partial charge in [0.05, 0.1) is 13.0 Å². The van der Waals surface area contributed by atoms with Gasteiger partial charge in [0.15, 0.2) is 0 Å². The van der Waals surface area contributed by atoms with Crippen LogP contribution in [0.25, 0.3) is 0 Å². The zero-order chi connectivity index (χ0) is 18.0. The molecule has 1 aromatic rings. The molecular weight excluding hydrogens is 318 g/mol. The largest absolute Gasteiger partial charge is 0.496 e. The summed E-state index contributed by atoms with van der Waals surface area (Å²) in [5, 5.41) is 9.16. The Bertz CT molecular complexity index is 649. The van der Waals surface area contributed by atoms with E-state index >= 15 is 0 Å². The fraction of sp³-hybridized carbons (Fsp3) is 0.600. The molecule has 0 aromatic heterocycles. The van der Waals surface area contributed by atoms with Gasteiger partial charge in [-0.15, -0.1) is 0 Å². The Balaban J connectivity index is 1.49. The van der Waals surface area contributed by atoms with Gasteiger partial charge in [-0.2, -0.15) is 0 Å². The highest BCUT2D eigenvalue weighted by Gasteiger charge is 2.59. The molecule has 1 aliphatic heterocycles. The molecular formula is C20H27NO4. The van der Waals surface area contributed by atoms with Crippen LogP contribution in [-0.4, -0.2) is 42.1 Å². The Hall–Kier alpha value is -2.04. The number of hydrogen-bond acceptors (Lipinski definition) is 3. The van der Waals surface area contributed by atoms with Crippen LogP contribution in [-0.2, 0) is 16.0 Å². The van der Waals surface area contributed by atoms with E-state index in [0.717, 1.165) is 37.0 Å². The van der Waals surface area contributed by atoms with Crippen molar-refractivity contribution in [2.45, 2.75) is 39.0 Å². The molecule has 1 N–H and O–H groups in total. The molecule has 25 heavy (non-hydrogen) atoms. The van der Waals surface area contributed by atoms with Crippen molar-refractivity contribution in [1.82, 2.24) is 4.90 Å². The van der Waals surface area contributed by atoms with Crippen LogP contribution < -0.4 is 4.74 Å². The molecule has 1 saturated heterocycles. The van der Waals surface area contributed by atoms with Gasteiger partial charge in [0.1, 0.15) is 5.75 Å². The lowest BCUT2D eigenvalue weighted by atomic mass is 9.90. The van der Waals surface area contributed by atoms with E-state index in [9.17, 15) is 9.59 Å². The molecule has 1 amide bonds. The van der Waals surface area contributed by atoms with Gasteiger partial charge in [-0.3, -0.25) is 9.59 Å². The van der Waals surface area contributed by atoms with Gasteiger partial charge in [-0.1, -0.05) is 25.1 Å². The zero-order valence-corrected chi connectivity index (χ0v) is 15.0. The highest BCUT2D eigenvalue weighted by Crippen LogP contribution is 2.59. The van der Waals surface area contributed by atoms with Crippen molar-refractivity contribution in [3.05, 3.63) is 29.8 Å². The number of rotatable bonds is 6. The standard InChI is InChI=1S/C20H27NO4/c1-14(11-15-5-3-4-6-17(15)25-2)12-18(22)21-9-7-20(8-10-21)13-16(20)19(23)24/h3-6,14,16H,7-13H2,1-2H3,(H,23,24). The number of ether oxygens (including phenoxy) is 1. The number of methoxy groups -OCH3 is 1. The number of para-hydroxylation sites is 1. The second kappa shape index (κ2) is 7.06. The number of nitrogens with zero attached hydrogens (tertiary/aromatic N) is 1. The summed E-state index contributed by atoms with van der Waals surface area (Å²) in [6.45, 7) is 3.49. The maximum absolute atomic E-state index is 12.6. The molecule has 136 valence electrons. The van der Waals surface area contributed by atoms with E-state index in [4.69, 9.17) is 9.84 Å². The van der Waals surface area contributed by atoms with Crippen LogP contribution in [0.15, 0.2) is 24.3 Å². The van der Waals surface area contributed by atoms with Crippen LogP contribution in [0.3, 0.4) is 0 Å². The van der Waals surface area contributed by atoms with Gasteiger partial charge in [0.25, 0.3) is 0 Å². The average Bonchev–Trinajstić information content (AvgIpc) is 3.29. The Morgan fingerprint density at radius 3 is 2.60 bits per heavy atom. The van der Waals surface area contributed by atoms with Crippen molar-refractivity contribution in [3.8, 4) is 5.75 Å². The zero-order valence-electron chi connectivity index (χ0n) is 15.0. The molecule has 1 spiro atoms. The minimum Gasteiger partial charge on any atom is -0.496 e. The first-order valence-electron chi connectivity index (χ1n) is 9.07. The normalized spacial score (nSPS) is 22.5. The van der Waals surface area contributed by atoms with E-state index in [1.807, 2.05) is 29.2 Å². The van der Waals surface area contributed by atoms with Crippen molar-refractivity contribution < 1.29 is 19.4 Å². The van der Waals surface area contributed by atoms with Crippen molar-refractivity contribution in [2.24, 2.45) is 17.3 Å². The summed E-state index contributed by atoms with van der Waals surface area (Å²) >= 11 is 0. The molecule has 1 heterocycles. The van der Waals surface area contributed by atoms with Crippen LogP contribution in [0, 0.1) is 17.3 Å². The SMILES string of the molecule is COc1ccccc1CC(C)CC(=O)N1CCC2(CC1)CC2C(=O)O. The lowest BCUT2D eigenvalue weighted by Gasteiger charge is -2.33. The molecule has 2 unspecified atom stereocenters. The maximum Gasteiger partial charge on any atom is 0.307 e. The van der Waals surface area contributed by atoms with E-state index < -0.39 is 5.97 Å². The third-order valence-corrected chi connectivity index (χ3v) is 5.88. The number of benzene rings is 1. The second-order valence-corrected chi connectivity index (χ2v) is 7.66. The first-order valence-corrected chi connectivity index (χ1v) is 9.07. The Labute approximate surface area is 149 Å². The lowest BCUT2D eigenvalue weighted by molar-refractivity contribution is -0.140. The monoisotopic (exact) mass is 345 g/mol. The smallest absolute Gasteiger partial charge is 0.307 e. The van der Waals surface area contributed by atoms with Crippen LogP contribution >= 0.6 is 0 Å². The predicted molar refractivity (Wildman–Crippen MR) is 94.5 cm³/mol. The molecule has 5 heteroatoms. The van der Waals surface area contributed by atoms with E-state index in [2.05, 4.69) is 6.92 Å². The van der Waals surface area contributed by atoms with Gasteiger partial charge in [-0.25, -0.2) is 0 Å². The van der Waals surface area contributed by atoms with E-state index in [-0.39, 0.29) is 23.2 Å². The minimum atomic E-state index is -0.676. The van der Waals surface area contributed by atoms with Gasteiger partial charge < -0.3 is 14.7 Å². The predicted octanol–water partition coefficient (Wildman–Crippen LogP) is 2.98. The van der Waals surface area contributed by atoms with Crippen LogP contribution in [0.2, 0.25) is 0 Å². The summed E-state index contributed by atoms with van der Waals surface area (Å²) in [6, 6.07) is 7.93. The third-order valence-electron chi connectivity index (χ3n) is 5.88. The maximum atomic E-state index is 12.6. The fourth-order valence-corrected chi connectivity index (χ4v) is 4.20. The number of carboxylic acid groups (broad SMARTS) is 1. The third kappa shape index (κ3) is 3.80. The molecule has 0 bridgehead atoms. The highest BCUT2D eigenvalue weighted by atomic mass is 16.5. The first kappa shape index (κ1) is 17.8. The van der Waals surface area contributed by atoms with E-state index in [0.29, 0.717) is 19.5 Å². The summed E-state index contributed by atoms with van der Waals surface area (Å²) in [4.78, 5) is 25.6. The molecule has 0 radical (unpaired) electrons. The molecule has 1 aliphatic carbocycles. The lowest BCUT2D eigenvalue weighted by Crippen LogP contribution is -2.40. The summed E-state index contributed by atoms with van der Waals surface area (Å²) in [7, 11) is 1.67. The van der Waals surface area contributed by atoms with E-state index in [1.54, 1.807) is 7.11 Å². The molecule has 1 aromatic carbocycles. The summed E-state index contributed by atoms with van der Waals surface area (Å²) in [6.07, 6.45) is 3.78. The summed E-state index contributed by atoms with van der Waals surface area (Å²) in [5.74, 6) is 0.437. The van der Waals surface area contributed by atoms with Crippen LogP contribution in [0.4, 0.5) is 0 Å². The van der Waals surface area contributed by atoms with Gasteiger partial charge in [0.2, 0.25) is 5.91 Å². The number of aliphatic carboxylic acids is 1. The Kier molecular flexibility index (Phi) is 5.02. The molecule has 1 saturated carbocycles. The van der Waals surface area contributed by atoms with Crippen LogP contribution in [0.1, 0.15) is 38.2 Å². The molecule has 2 fully saturated rings. The number of carbonyl (C=O) groups is 2. The van der Waals surface area contributed by atoms with Crippen molar-refractivity contribution >= 4 is 11.9 Å². The van der Waals surface area contributed by atoms with E-state index in [1.165, 1.54) is 0 Å². The quantitative estimate of drug-likeness (QED) is 0.861. The highest BCUT2D eigenvalue weighted by molar-refractivity contribution is 5.77. The second-order valence-electron chi connectivity index (χ2n) is 7.66. The average molecular weight is 345 g/mol. The number of hydrogen-bond donors (Lipinski definition) is 1. The Morgan fingerprint density at radius 2 is 2.00 bits per heavy atom.